The monoisotopic (exact) mass is 249 g/mol. The maximum absolute atomic E-state index is 12.2. The Morgan fingerprint density at radius 2 is 2.11 bits per heavy atom. The predicted octanol–water partition coefficient (Wildman–Crippen LogP) is 1.54. The highest BCUT2D eigenvalue weighted by Gasteiger charge is 2.29. The molecule has 1 aliphatic rings. The summed E-state index contributed by atoms with van der Waals surface area (Å²) in [5.41, 5.74) is 1.15. The summed E-state index contributed by atoms with van der Waals surface area (Å²) >= 11 is 0. The summed E-state index contributed by atoms with van der Waals surface area (Å²) in [4.78, 5) is 13.9. The molecule has 1 aromatic rings. The molecular formula is C14H19NO3. The van der Waals surface area contributed by atoms with Gasteiger partial charge in [-0.3, -0.25) is 4.79 Å². The zero-order valence-corrected chi connectivity index (χ0v) is 10.8. The van der Waals surface area contributed by atoms with Crippen molar-refractivity contribution in [1.82, 2.24) is 4.90 Å². The number of carbonyl (C=O) groups excluding carboxylic acids is 1. The molecule has 0 aliphatic heterocycles. The van der Waals surface area contributed by atoms with Crippen molar-refractivity contribution in [2.75, 3.05) is 13.6 Å². The molecule has 1 aromatic carbocycles. The number of hydrogen-bond acceptors (Lipinski definition) is 3. The molecule has 0 radical (unpaired) electrons. The second-order valence-corrected chi connectivity index (χ2v) is 5.13. The van der Waals surface area contributed by atoms with E-state index < -0.39 is 0 Å². The van der Waals surface area contributed by atoms with E-state index in [1.807, 2.05) is 0 Å². The summed E-state index contributed by atoms with van der Waals surface area (Å²) < 4.78 is 0. The predicted molar refractivity (Wildman–Crippen MR) is 68.5 cm³/mol. The first-order valence-corrected chi connectivity index (χ1v) is 6.21. The van der Waals surface area contributed by atoms with Gasteiger partial charge in [0, 0.05) is 24.7 Å². The fraction of sp³-hybridized carbons (Fsp3) is 0.500. The highest BCUT2D eigenvalue weighted by atomic mass is 16.3. The van der Waals surface area contributed by atoms with E-state index in [-0.39, 0.29) is 17.8 Å². The van der Waals surface area contributed by atoms with Crippen molar-refractivity contribution in [2.45, 2.75) is 25.9 Å². The van der Waals surface area contributed by atoms with Gasteiger partial charge in [0.05, 0.1) is 6.10 Å². The molecule has 18 heavy (non-hydrogen) atoms. The number of phenolic OH excluding ortho intramolecular Hbond substituents is 1. The van der Waals surface area contributed by atoms with Gasteiger partial charge < -0.3 is 15.1 Å². The average Bonchev–Trinajstić information content (AvgIpc) is 2.30. The molecule has 1 fully saturated rings. The molecule has 4 heteroatoms. The van der Waals surface area contributed by atoms with Crippen molar-refractivity contribution < 1.29 is 15.0 Å². The van der Waals surface area contributed by atoms with Crippen molar-refractivity contribution in [3.63, 3.8) is 0 Å². The molecule has 98 valence electrons. The number of benzene rings is 1. The maximum atomic E-state index is 12.2. The van der Waals surface area contributed by atoms with E-state index in [4.69, 9.17) is 0 Å². The smallest absolute Gasteiger partial charge is 0.254 e. The van der Waals surface area contributed by atoms with Crippen LogP contribution < -0.4 is 0 Å². The van der Waals surface area contributed by atoms with E-state index in [1.54, 1.807) is 37.1 Å². The second kappa shape index (κ2) is 4.98. The Hall–Kier alpha value is -1.55. The van der Waals surface area contributed by atoms with Gasteiger partial charge in [0.2, 0.25) is 0 Å². The number of rotatable bonds is 3. The molecule has 2 N–H and O–H groups in total. The third-order valence-corrected chi connectivity index (χ3v) is 3.63. The summed E-state index contributed by atoms with van der Waals surface area (Å²) in [5.74, 6) is 0.463. The summed E-state index contributed by atoms with van der Waals surface area (Å²) in [6, 6.07) is 4.98. The molecular weight excluding hydrogens is 230 g/mol. The van der Waals surface area contributed by atoms with Gasteiger partial charge in [-0.05, 0) is 37.8 Å². The van der Waals surface area contributed by atoms with E-state index in [1.165, 1.54) is 0 Å². The van der Waals surface area contributed by atoms with Gasteiger partial charge >= 0.3 is 0 Å². The van der Waals surface area contributed by atoms with E-state index in [0.29, 0.717) is 23.6 Å². The van der Waals surface area contributed by atoms with Crippen molar-refractivity contribution in [2.24, 2.45) is 5.92 Å². The highest BCUT2D eigenvalue weighted by Crippen LogP contribution is 2.28. The third-order valence-electron chi connectivity index (χ3n) is 3.63. The lowest BCUT2D eigenvalue weighted by atomic mass is 9.82. The fourth-order valence-electron chi connectivity index (χ4n) is 2.38. The van der Waals surface area contributed by atoms with Crippen LogP contribution in [0.25, 0.3) is 0 Å². The quantitative estimate of drug-likeness (QED) is 0.854. The zero-order valence-electron chi connectivity index (χ0n) is 10.8. The van der Waals surface area contributed by atoms with Crippen molar-refractivity contribution >= 4 is 5.91 Å². The summed E-state index contributed by atoms with van der Waals surface area (Å²) in [5, 5.41) is 18.8. The maximum Gasteiger partial charge on any atom is 0.254 e. The van der Waals surface area contributed by atoms with Gasteiger partial charge in [-0.1, -0.05) is 6.07 Å². The molecule has 0 heterocycles. The summed E-state index contributed by atoms with van der Waals surface area (Å²) in [7, 11) is 1.76. The number of hydrogen-bond donors (Lipinski definition) is 2. The van der Waals surface area contributed by atoms with Gasteiger partial charge in [0.25, 0.3) is 5.91 Å². The normalized spacial score (nSPS) is 22.4. The average molecular weight is 249 g/mol. The van der Waals surface area contributed by atoms with E-state index in [9.17, 15) is 15.0 Å². The van der Waals surface area contributed by atoms with Crippen LogP contribution in [0.15, 0.2) is 18.2 Å². The molecule has 0 aromatic heterocycles. The number of amides is 1. The van der Waals surface area contributed by atoms with Crippen LogP contribution in [0.5, 0.6) is 5.75 Å². The minimum absolute atomic E-state index is 0.0789. The van der Waals surface area contributed by atoms with E-state index >= 15 is 0 Å². The first kappa shape index (κ1) is 12.9. The topological polar surface area (TPSA) is 60.8 Å². The Kier molecular flexibility index (Phi) is 3.57. The third kappa shape index (κ3) is 2.48. The van der Waals surface area contributed by atoms with Crippen molar-refractivity contribution in [3.8, 4) is 5.75 Å². The number of nitrogens with zero attached hydrogens (tertiary/aromatic N) is 1. The number of carbonyl (C=O) groups is 1. The Morgan fingerprint density at radius 1 is 1.44 bits per heavy atom. The fourth-order valence-corrected chi connectivity index (χ4v) is 2.38. The molecule has 2 rings (SSSR count). The van der Waals surface area contributed by atoms with E-state index in [0.717, 1.165) is 12.8 Å². The molecule has 1 saturated carbocycles. The van der Waals surface area contributed by atoms with Crippen LogP contribution in [0.4, 0.5) is 0 Å². The second-order valence-electron chi connectivity index (χ2n) is 5.13. The Bertz CT molecular complexity index is 452. The zero-order chi connectivity index (χ0) is 13.3. The van der Waals surface area contributed by atoms with Crippen molar-refractivity contribution in [3.05, 3.63) is 29.3 Å². The van der Waals surface area contributed by atoms with Gasteiger partial charge in [-0.25, -0.2) is 0 Å². The van der Waals surface area contributed by atoms with Gasteiger partial charge in [-0.15, -0.1) is 0 Å². The SMILES string of the molecule is Cc1c(O)cccc1C(=O)N(C)CC1CC(O)C1. The summed E-state index contributed by atoms with van der Waals surface area (Å²) in [6.07, 6.45) is 1.36. The molecule has 1 amide bonds. The first-order chi connectivity index (χ1) is 8.49. The van der Waals surface area contributed by atoms with Crippen LogP contribution in [-0.2, 0) is 0 Å². The first-order valence-electron chi connectivity index (χ1n) is 6.21. The van der Waals surface area contributed by atoms with Crippen LogP contribution >= 0.6 is 0 Å². The van der Waals surface area contributed by atoms with Crippen LogP contribution in [0.1, 0.15) is 28.8 Å². The minimum atomic E-state index is -0.194. The molecule has 4 nitrogen and oxygen atoms in total. The van der Waals surface area contributed by atoms with Crippen LogP contribution in [0.3, 0.4) is 0 Å². The molecule has 0 saturated heterocycles. The van der Waals surface area contributed by atoms with Crippen LogP contribution in [0, 0.1) is 12.8 Å². The molecule has 0 bridgehead atoms. The van der Waals surface area contributed by atoms with Gasteiger partial charge in [0.1, 0.15) is 5.75 Å². The molecule has 1 aliphatic carbocycles. The molecule has 0 atom stereocenters. The number of aliphatic hydroxyl groups excluding tert-OH is 1. The van der Waals surface area contributed by atoms with Crippen LogP contribution in [0.2, 0.25) is 0 Å². The Balaban J connectivity index is 2.04. The standard InChI is InChI=1S/C14H19NO3/c1-9-12(4-3-5-13(9)17)14(18)15(2)8-10-6-11(16)7-10/h3-5,10-11,16-17H,6-8H2,1-2H3. The Labute approximate surface area is 107 Å². The highest BCUT2D eigenvalue weighted by molar-refractivity contribution is 5.96. The number of aliphatic hydroxyl groups is 1. The Morgan fingerprint density at radius 3 is 2.72 bits per heavy atom. The lowest BCUT2D eigenvalue weighted by Gasteiger charge is -2.34. The lowest BCUT2D eigenvalue weighted by molar-refractivity contribution is 0.0265. The van der Waals surface area contributed by atoms with Crippen molar-refractivity contribution in [1.29, 1.82) is 0 Å². The van der Waals surface area contributed by atoms with Gasteiger partial charge in [-0.2, -0.15) is 0 Å². The summed E-state index contributed by atoms with van der Waals surface area (Å²) in [6.45, 7) is 2.40. The van der Waals surface area contributed by atoms with Gasteiger partial charge in [0.15, 0.2) is 0 Å². The minimum Gasteiger partial charge on any atom is -0.508 e. The largest absolute Gasteiger partial charge is 0.508 e. The van der Waals surface area contributed by atoms with E-state index in [2.05, 4.69) is 0 Å². The number of aromatic hydroxyl groups is 1. The van der Waals surface area contributed by atoms with Crippen LogP contribution in [-0.4, -0.2) is 40.7 Å². The molecule has 0 unspecified atom stereocenters. The molecule has 0 spiro atoms. The lowest BCUT2D eigenvalue weighted by Crippen LogP contribution is -2.39. The number of phenols is 1.